The fraction of sp³-hybridized carbons (Fsp3) is 0.235. The van der Waals surface area contributed by atoms with Gasteiger partial charge in [0.15, 0.2) is 0 Å². The lowest BCUT2D eigenvalue weighted by Gasteiger charge is -2.14. The number of carbonyl (C=O) groups excluding carboxylic acids is 1. The van der Waals surface area contributed by atoms with Gasteiger partial charge in [0.2, 0.25) is 5.91 Å². The molecule has 0 radical (unpaired) electrons. The lowest BCUT2D eigenvalue weighted by Crippen LogP contribution is -2.13. The van der Waals surface area contributed by atoms with Gasteiger partial charge in [-0.25, -0.2) is 0 Å². The van der Waals surface area contributed by atoms with Crippen molar-refractivity contribution in [3.8, 4) is 5.75 Å². The smallest absolute Gasteiger partial charge is 0.248 e. The Bertz CT molecular complexity index is 647. The van der Waals surface area contributed by atoms with Gasteiger partial charge in [-0.15, -0.1) is 0 Å². The Morgan fingerprint density at radius 1 is 1.05 bits per heavy atom. The molecule has 0 heterocycles. The number of amides is 1. The first-order valence-electron chi connectivity index (χ1n) is 6.58. The number of ether oxygens (including phenoxy) is 1. The summed E-state index contributed by atoms with van der Waals surface area (Å²) in [6, 6.07) is 11.6. The molecule has 0 saturated heterocycles. The van der Waals surface area contributed by atoms with Gasteiger partial charge >= 0.3 is 0 Å². The van der Waals surface area contributed by atoms with E-state index in [9.17, 15) is 4.79 Å². The predicted octanol–water partition coefficient (Wildman–Crippen LogP) is 3.29. The Labute approximate surface area is 119 Å². The second-order valence-electron chi connectivity index (χ2n) is 4.94. The van der Waals surface area contributed by atoms with E-state index in [1.807, 2.05) is 26.0 Å². The highest BCUT2D eigenvalue weighted by atomic mass is 16.5. The number of nitrogens with two attached hydrogens (primary N) is 1. The molecule has 2 rings (SSSR count). The molecule has 0 spiro atoms. The monoisotopic (exact) mass is 269 g/mol. The number of primary amides is 1. The van der Waals surface area contributed by atoms with Crippen LogP contribution in [0.4, 0.5) is 0 Å². The van der Waals surface area contributed by atoms with Gasteiger partial charge in [-0.1, -0.05) is 24.3 Å². The SMILES string of the molecule is Cc1ccccc1COc1ccc(C(N)=O)c(C)c1C. The zero-order valence-corrected chi connectivity index (χ0v) is 12.1. The molecule has 0 aliphatic rings. The van der Waals surface area contributed by atoms with Gasteiger partial charge in [0, 0.05) is 5.56 Å². The van der Waals surface area contributed by atoms with Crippen LogP contribution in [0.1, 0.15) is 32.6 Å². The molecule has 0 fully saturated rings. The van der Waals surface area contributed by atoms with Crippen LogP contribution in [0.3, 0.4) is 0 Å². The van der Waals surface area contributed by atoms with Gasteiger partial charge in [0.1, 0.15) is 12.4 Å². The molecular weight excluding hydrogens is 250 g/mol. The van der Waals surface area contributed by atoms with Crippen molar-refractivity contribution in [1.29, 1.82) is 0 Å². The van der Waals surface area contributed by atoms with Crippen molar-refractivity contribution < 1.29 is 9.53 Å². The summed E-state index contributed by atoms with van der Waals surface area (Å²) < 4.78 is 5.87. The number of aryl methyl sites for hydroxylation is 1. The minimum atomic E-state index is -0.406. The Balaban J connectivity index is 2.21. The first-order chi connectivity index (χ1) is 9.50. The van der Waals surface area contributed by atoms with Crippen LogP contribution in [-0.4, -0.2) is 5.91 Å². The molecule has 0 aliphatic heterocycles. The molecule has 20 heavy (non-hydrogen) atoms. The standard InChI is InChI=1S/C17H19NO2/c1-11-6-4-5-7-14(11)10-20-16-9-8-15(17(18)19)12(2)13(16)3/h4-9H,10H2,1-3H3,(H2,18,19). The predicted molar refractivity (Wildman–Crippen MR) is 79.9 cm³/mol. The molecule has 2 N–H and O–H groups in total. The average molecular weight is 269 g/mol. The maximum atomic E-state index is 11.3. The molecule has 2 aromatic carbocycles. The molecule has 2 aromatic rings. The molecule has 1 amide bonds. The fourth-order valence-corrected chi connectivity index (χ4v) is 2.15. The average Bonchev–Trinajstić information content (AvgIpc) is 2.41. The Morgan fingerprint density at radius 2 is 1.75 bits per heavy atom. The highest BCUT2D eigenvalue weighted by Crippen LogP contribution is 2.25. The molecule has 0 bridgehead atoms. The topological polar surface area (TPSA) is 52.3 Å². The van der Waals surface area contributed by atoms with E-state index in [1.54, 1.807) is 12.1 Å². The zero-order valence-electron chi connectivity index (χ0n) is 12.1. The summed E-state index contributed by atoms with van der Waals surface area (Å²) in [6.07, 6.45) is 0. The van der Waals surface area contributed by atoms with Gasteiger partial charge in [0.25, 0.3) is 0 Å². The zero-order chi connectivity index (χ0) is 14.7. The van der Waals surface area contributed by atoms with Crippen LogP contribution >= 0.6 is 0 Å². The maximum Gasteiger partial charge on any atom is 0.248 e. The van der Waals surface area contributed by atoms with Gasteiger partial charge in [-0.05, 0) is 55.2 Å². The third kappa shape index (κ3) is 2.82. The van der Waals surface area contributed by atoms with Crippen LogP contribution in [0, 0.1) is 20.8 Å². The van der Waals surface area contributed by atoms with E-state index in [2.05, 4.69) is 19.1 Å². The number of hydrogen-bond acceptors (Lipinski definition) is 2. The molecule has 0 aliphatic carbocycles. The Hall–Kier alpha value is -2.29. The van der Waals surface area contributed by atoms with E-state index in [0.29, 0.717) is 12.2 Å². The molecule has 0 aromatic heterocycles. The van der Waals surface area contributed by atoms with Crippen LogP contribution in [0.15, 0.2) is 36.4 Å². The van der Waals surface area contributed by atoms with E-state index in [4.69, 9.17) is 10.5 Å². The fourth-order valence-electron chi connectivity index (χ4n) is 2.15. The molecule has 0 atom stereocenters. The third-order valence-electron chi connectivity index (χ3n) is 3.65. The van der Waals surface area contributed by atoms with E-state index < -0.39 is 5.91 Å². The number of carbonyl (C=O) groups is 1. The lowest BCUT2D eigenvalue weighted by molar-refractivity contribution is 0.0999. The van der Waals surface area contributed by atoms with Crippen LogP contribution < -0.4 is 10.5 Å². The summed E-state index contributed by atoms with van der Waals surface area (Å²) in [6.45, 7) is 6.40. The first kappa shape index (κ1) is 14.1. The minimum Gasteiger partial charge on any atom is -0.489 e. The number of hydrogen-bond donors (Lipinski definition) is 1. The van der Waals surface area contributed by atoms with Crippen molar-refractivity contribution >= 4 is 5.91 Å². The number of benzene rings is 2. The summed E-state index contributed by atoms with van der Waals surface area (Å²) >= 11 is 0. The molecular formula is C17H19NO2. The van der Waals surface area contributed by atoms with Crippen molar-refractivity contribution in [3.63, 3.8) is 0 Å². The van der Waals surface area contributed by atoms with E-state index in [-0.39, 0.29) is 0 Å². The van der Waals surface area contributed by atoms with Gasteiger partial charge in [0.05, 0.1) is 0 Å². The van der Waals surface area contributed by atoms with E-state index in [0.717, 1.165) is 22.4 Å². The Morgan fingerprint density at radius 3 is 2.40 bits per heavy atom. The highest BCUT2D eigenvalue weighted by molar-refractivity contribution is 5.94. The molecule has 3 nitrogen and oxygen atoms in total. The molecule has 3 heteroatoms. The quantitative estimate of drug-likeness (QED) is 0.926. The summed E-state index contributed by atoms with van der Waals surface area (Å²) in [5.41, 5.74) is 10.1. The van der Waals surface area contributed by atoms with Gasteiger partial charge < -0.3 is 10.5 Å². The normalized spacial score (nSPS) is 10.3. The van der Waals surface area contributed by atoms with E-state index >= 15 is 0 Å². The van der Waals surface area contributed by atoms with Gasteiger partial charge in [-0.2, -0.15) is 0 Å². The summed E-state index contributed by atoms with van der Waals surface area (Å²) in [5.74, 6) is 0.381. The lowest BCUT2D eigenvalue weighted by atomic mass is 10.0. The van der Waals surface area contributed by atoms with Crippen LogP contribution in [-0.2, 0) is 6.61 Å². The highest BCUT2D eigenvalue weighted by Gasteiger charge is 2.11. The van der Waals surface area contributed by atoms with Crippen molar-refractivity contribution in [2.24, 2.45) is 5.73 Å². The molecule has 104 valence electrons. The largest absolute Gasteiger partial charge is 0.489 e. The van der Waals surface area contributed by atoms with Crippen LogP contribution in [0.25, 0.3) is 0 Å². The first-order valence-corrected chi connectivity index (χ1v) is 6.58. The Kier molecular flexibility index (Phi) is 4.08. The van der Waals surface area contributed by atoms with Gasteiger partial charge in [-0.3, -0.25) is 4.79 Å². The van der Waals surface area contributed by atoms with Crippen molar-refractivity contribution in [3.05, 3.63) is 64.2 Å². The number of rotatable bonds is 4. The molecule has 0 unspecified atom stereocenters. The van der Waals surface area contributed by atoms with Crippen molar-refractivity contribution in [2.75, 3.05) is 0 Å². The molecule has 0 saturated carbocycles. The summed E-state index contributed by atoms with van der Waals surface area (Å²) in [5, 5.41) is 0. The van der Waals surface area contributed by atoms with Crippen molar-refractivity contribution in [2.45, 2.75) is 27.4 Å². The van der Waals surface area contributed by atoms with Crippen LogP contribution in [0.5, 0.6) is 5.75 Å². The minimum absolute atomic E-state index is 0.406. The summed E-state index contributed by atoms with van der Waals surface area (Å²) in [7, 11) is 0. The summed E-state index contributed by atoms with van der Waals surface area (Å²) in [4.78, 5) is 11.3. The second kappa shape index (κ2) is 5.78. The third-order valence-corrected chi connectivity index (χ3v) is 3.65. The van der Waals surface area contributed by atoms with Crippen LogP contribution in [0.2, 0.25) is 0 Å². The second-order valence-corrected chi connectivity index (χ2v) is 4.94. The van der Waals surface area contributed by atoms with E-state index in [1.165, 1.54) is 5.56 Å². The van der Waals surface area contributed by atoms with Crippen molar-refractivity contribution in [1.82, 2.24) is 0 Å². The maximum absolute atomic E-state index is 11.3.